The van der Waals surface area contributed by atoms with E-state index in [1.165, 1.54) is 9.75 Å². The first kappa shape index (κ1) is 18.6. The minimum atomic E-state index is 0.0753. The smallest absolute Gasteiger partial charge is 0.0593 e. The third kappa shape index (κ3) is 6.45. The van der Waals surface area contributed by atoms with Crippen molar-refractivity contribution in [3.8, 4) is 0 Å². The lowest BCUT2D eigenvalue weighted by Gasteiger charge is -2.33. The minimum Gasteiger partial charge on any atom is -0.380 e. The maximum absolute atomic E-state index is 6.27. The van der Waals surface area contributed by atoms with Crippen molar-refractivity contribution in [2.75, 3.05) is 39.5 Å². The topological polar surface area (TPSA) is 47.7 Å². The molecule has 0 aliphatic rings. The van der Waals surface area contributed by atoms with Gasteiger partial charge >= 0.3 is 0 Å². The zero-order valence-electron chi connectivity index (χ0n) is 13.8. The minimum absolute atomic E-state index is 0.0753. The van der Waals surface area contributed by atoms with Crippen LogP contribution in [0.25, 0.3) is 0 Å². The summed E-state index contributed by atoms with van der Waals surface area (Å²) in [5.74, 6) is 0. The van der Waals surface area contributed by atoms with Crippen molar-refractivity contribution in [1.29, 1.82) is 0 Å². The number of rotatable bonds is 11. The highest BCUT2D eigenvalue weighted by Gasteiger charge is 2.25. The molecule has 0 spiro atoms. The molecular formula is C16H30N2O2S. The van der Waals surface area contributed by atoms with Gasteiger partial charge in [-0.3, -0.25) is 4.90 Å². The Morgan fingerprint density at radius 3 is 2.10 bits per heavy atom. The second kappa shape index (κ2) is 10.3. The molecular weight excluding hydrogens is 284 g/mol. The molecule has 0 saturated heterocycles. The van der Waals surface area contributed by atoms with Crippen LogP contribution in [0.3, 0.4) is 0 Å². The molecule has 0 aliphatic heterocycles. The number of nitrogens with zero attached hydrogens (tertiary/aromatic N) is 1. The van der Waals surface area contributed by atoms with E-state index in [4.69, 9.17) is 15.2 Å². The second-order valence-corrected chi connectivity index (χ2v) is 6.50. The summed E-state index contributed by atoms with van der Waals surface area (Å²) < 4.78 is 11.0. The number of hydrogen-bond donors (Lipinski definition) is 1. The van der Waals surface area contributed by atoms with Crippen LogP contribution < -0.4 is 5.73 Å². The first-order valence-electron chi connectivity index (χ1n) is 7.81. The second-order valence-electron chi connectivity index (χ2n) is 5.18. The quantitative estimate of drug-likeness (QED) is 0.638. The SMILES string of the molecule is CCOCCN(CCOCC)C(c1ccc(C)s1)C(C)N. The van der Waals surface area contributed by atoms with Gasteiger partial charge in [0, 0.05) is 42.1 Å². The number of nitrogens with two attached hydrogens (primary N) is 1. The molecule has 1 aromatic heterocycles. The van der Waals surface area contributed by atoms with E-state index in [1.807, 2.05) is 25.2 Å². The van der Waals surface area contributed by atoms with Crippen molar-refractivity contribution in [3.63, 3.8) is 0 Å². The van der Waals surface area contributed by atoms with Crippen LogP contribution in [0.1, 0.15) is 36.6 Å². The number of aryl methyl sites for hydroxylation is 1. The van der Waals surface area contributed by atoms with Crippen molar-refractivity contribution < 1.29 is 9.47 Å². The van der Waals surface area contributed by atoms with Gasteiger partial charge in [0.05, 0.1) is 19.3 Å². The van der Waals surface area contributed by atoms with E-state index in [1.54, 1.807) is 0 Å². The Kier molecular flexibility index (Phi) is 9.11. The fourth-order valence-corrected chi connectivity index (χ4v) is 3.55. The molecule has 1 aromatic rings. The van der Waals surface area contributed by atoms with Crippen molar-refractivity contribution in [2.45, 2.75) is 39.8 Å². The summed E-state index contributed by atoms with van der Waals surface area (Å²) in [4.78, 5) is 5.04. The summed E-state index contributed by atoms with van der Waals surface area (Å²) >= 11 is 1.83. The summed E-state index contributed by atoms with van der Waals surface area (Å²) in [6, 6.07) is 4.66. The molecule has 1 heterocycles. The van der Waals surface area contributed by atoms with Crippen LogP contribution in [0, 0.1) is 6.92 Å². The molecule has 0 saturated carbocycles. The molecule has 2 N–H and O–H groups in total. The van der Waals surface area contributed by atoms with Gasteiger partial charge in [-0.1, -0.05) is 0 Å². The molecule has 0 amide bonds. The van der Waals surface area contributed by atoms with E-state index >= 15 is 0 Å². The van der Waals surface area contributed by atoms with Crippen molar-refractivity contribution in [3.05, 3.63) is 21.9 Å². The van der Waals surface area contributed by atoms with Crippen molar-refractivity contribution >= 4 is 11.3 Å². The largest absolute Gasteiger partial charge is 0.380 e. The van der Waals surface area contributed by atoms with Gasteiger partial charge in [-0.25, -0.2) is 0 Å². The molecule has 0 fully saturated rings. The highest BCUT2D eigenvalue weighted by atomic mass is 32.1. The Morgan fingerprint density at radius 2 is 1.71 bits per heavy atom. The van der Waals surface area contributed by atoms with Crippen LogP contribution in [-0.4, -0.2) is 50.5 Å². The highest BCUT2D eigenvalue weighted by Crippen LogP contribution is 2.29. The van der Waals surface area contributed by atoms with Crippen molar-refractivity contribution in [1.82, 2.24) is 4.90 Å². The maximum Gasteiger partial charge on any atom is 0.0593 e. The summed E-state index contributed by atoms with van der Waals surface area (Å²) in [6.07, 6.45) is 0. The van der Waals surface area contributed by atoms with Crippen LogP contribution >= 0.6 is 11.3 Å². The van der Waals surface area contributed by atoms with E-state index in [9.17, 15) is 0 Å². The van der Waals surface area contributed by atoms with E-state index in [2.05, 4.69) is 30.9 Å². The molecule has 2 atom stereocenters. The zero-order valence-corrected chi connectivity index (χ0v) is 14.6. The standard InChI is InChI=1S/C16H30N2O2S/c1-5-19-11-9-18(10-12-20-6-2)16(14(4)17)15-8-7-13(3)21-15/h7-8,14,16H,5-6,9-12,17H2,1-4H3. The summed E-state index contributed by atoms with van der Waals surface area (Å²) in [6.45, 7) is 13.0. The van der Waals surface area contributed by atoms with E-state index < -0.39 is 0 Å². The lowest BCUT2D eigenvalue weighted by Crippen LogP contribution is -2.42. The molecule has 0 aliphatic carbocycles. The highest BCUT2D eigenvalue weighted by molar-refractivity contribution is 7.12. The number of thiophene rings is 1. The Labute approximate surface area is 133 Å². The first-order valence-corrected chi connectivity index (χ1v) is 8.63. The number of hydrogen-bond acceptors (Lipinski definition) is 5. The monoisotopic (exact) mass is 314 g/mol. The van der Waals surface area contributed by atoms with Gasteiger partial charge in [0.25, 0.3) is 0 Å². The lowest BCUT2D eigenvalue weighted by atomic mass is 10.1. The van der Waals surface area contributed by atoms with E-state index in [-0.39, 0.29) is 12.1 Å². The lowest BCUT2D eigenvalue weighted by molar-refractivity contribution is 0.0581. The molecule has 0 aromatic carbocycles. The van der Waals surface area contributed by atoms with Crippen LogP contribution in [-0.2, 0) is 9.47 Å². The average Bonchev–Trinajstić information content (AvgIpc) is 2.85. The molecule has 0 radical (unpaired) electrons. The zero-order chi connectivity index (χ0) is 15.7. The Morgan fingerprint density at radius 1 is 1.14 bits per heavy atom. The van der Waals surface area contributed by atoms with Crippen LogP contribution in [0.15, 0.2) is 12.1 Å². The Balaban J connectivity index is 2.77. The maximum atomic E-state index is 6.27. The summed E-state index contributed by atoms with van der Waals surface area (Å²) in [5, 5.41) is 0. The van der Waals surface area contributed by atoms with Gasteiger partial charge in [0.2, 0.25) is 0 Å². The van der Waals surface area contributed by atoms with Gasteiger partial charge in [0.15, 0.2) is 0 Å². The molecule has 0 bridgehead atoms. The van der Waals surface area contributed by atoms with Gasteiger partial charge < -0.3 is 15.2 Å². The molecule has 5 heteroatoms. The predicted octanol–water partition coefficient (Wildman–Crippen LogP) is 2.82. The van der Waals surface area contributed by atoms with E-state index in [0.717, 1.165) is 39.5 Å². The summed E-state index contributed by atoms with van der Waals surface area (Å²) in [7, 11) is 0. The average molecular weight is 314 g/mol. The van der Waals surface area contributed by atoms with Gasteiger partial charge in [-0.15, -0.1) is 11.3 Å². The molecule has 122 valence electrons. The van der Waals surface area contributed by atoms with Gasteiger partial charge in [-0.05, 0) is 39.8 Å². The molecule has 2 unspecified atom stereocenters. The van der Waals surface area contributed by atoms with Gasteiger partial charge in [-0.2, -0.15) is 0 Å². The fourth-order valence-electron chi connectivity index (χ4n) is 2.43. The Hall–Kier alpha value is -0.460. The normalized spacial score (nSPS) is 14.6. The number of ether oxygens (including phenoxy) is 2. The third-order valence-electron chi connectivity index (χ3n) is 3.40. The summed E-state index contributed by atoms with van der Waals surface area (Å²) in [5.41, 5.74) is 6.27. The third-order valence-corrected chi connectivity index (χ3v) is 4.47. The van der Waals surface area contributed by atoms with E-state index in [0.29, 0.717) is 0 Å². The fraction of sp³-hybridized carbons (Fsp3) is 0.750. The molecule has 1 rings (SSSR count). The Bertz CT molecular complexity index is 372. The predicted molar refractivity (Wildman–Crippen MR) is 90.0 cm³/mol. The molecule has 4 nitrogen and oxygen atoms in total. The van der Waals surface area contributed by atoms with Crippen LogP contribution in [0.2, 0.25) is 0 Å². The van der Waals surface area contributed by atoms with Crippen LogP contribution in [0.4, 0.5) is 0 Å². The van der Waals surface area contributed by atoms with Gasteiger partial charge in [0.1, 0.15) is 0 Å². The van der Waals surface area contributed by atoms with Crippen molar-refractivity contribution in [2.24, 2.45) is 5.73 Å². The van der Waals surface area contributed by atoms with Crippen LogP contribution in [0.5, 0.6) is 0 Å². The first-order chi connectivity index (χ1) is 10.1. The molecule has 21 heavy (non-hydrogen) atoms.